The molecule has 0 saturated heterocycles. The Hall–Kier alpha value is -1.69. The first-order valence-corrected chi connectivity index (χ1v) is 4.96. The van der Waals surface area contributed by atoms with Crippen LogP contribution in [0.3, 0.4) is 0 Å². The van der Waals surface area contributed by atoms with Gasteiger partial charge >= 0.3 is 0 Å². The van der Waals surface area contributed by atoms with Gasteiger partial charge in [-0.1, -0.05) is 6.07 Å². The summed E-state index contributed by atoms with van der Waals surface area (Å²) in [6.07, 6.45) is -4.83. The van der Waals surface area contributed by atoms with Crippen molar-refractivity contribution in [3.8, 4) is 5.75 Å². The maximum Gasteiger partial charge on any atom is 0.265 e. The maximum atomic E-state index is 12.0. The molecule has 0 aliphatic carbocycles. The fourth-order valence-electron chi connectivity index (χ4n) is 1.22. The number of phenols is 1. The van der Waals surface area contributed by atoms with Crippen LogP contribution in [-0.2, 0) is 0 Å². The fourth-order valence-corrected chi connectivity index (χ4v) is 1.22. The van der Waals surface area contributed by atoms with Crippen molar-refractivity contribution in [2.24, 2.45) is 0 Å². The summed E-state index contributed by atoms with van der Waals surface area (Å²) >= 11 is 0. The highest BCUT2D eigenvalue weighted by molar-refractivity contribution is 5.96. The summed E-state index contributed by atoms with van der Waals surface area (Å²) in [7, 11) is 0. The van der Waals surface area contributed by atoms with Crippen molar-refractivity contribution in [2.45, 2.75) is 19.5 Å². The lowest BCUT2D eigenvalue weighted by atomic mass is 10.1. The number of amides is 1. The van der Waals surface area contributed by atoms with Gasteiger partial charge in [-0.25, -0.2) is 8.78 Å². The maximum absolute atomic E-state index is 12.0. The quantitative estimate of drug-likeness (QED) is 0.742. The molecule has 0 saturated carbocycles. The van der Waals surface area contributed by atoms with Gasteiger partial charge in [0.2, 0.25) is 0 Å². The van der Waals surface area contributed by atoms with E-state index in [1.165, 1.54) is 12.1 Å². The predicted molar refractivity (Wildman–Crippen MR) is 57.2 cm³/mol. The van der Waals surface area contributed by atoms with Crippen LogP contribution in [0.2, 0.25) is 0 Å². The minimum atomic E-state index is -2.91. The Morgan fingerprint density at radius 2 is 2.12 bits per heavy atom. The minimum absolute atomic E-state index is 0.0166. The van der Waals surface area contributed by atoms with Gasteiger partial charge in [0.1, 0.15) is 11.9 Å². The minimum Gasteiger partial charge on any atom is -0.507 e. The number of benzene rings is 1. The summed E-state index contributed by atoms with van der Waals surface area (Å²) in [5.74, 6) is -0.934. The van der Waals surface area contributed by atoms with Gasteiger partial charge in [0.05, 0.1) is 5.56 Å². The molecule has 6 heteroatoms. The zero-order valence-corrected chi connectivity index (χ0v) is 9.15. The van der Waals surface area contributed by atoms with Gasteiger partial charge in [0.15, 0.2) is 0 Å². The number of aromatic hydroxyl groups is 1. The first kappa shape index (κ1) is 13.4. The van der Waals surface area contributed by atoms with E-state index in [-0.39, 0.29) is 11.3 Å². The molecule has 0 aliphatic heterocycles. The number of rotatable bonds is 4. The fraction of sp³-hybridized carbons (Fsp3) is 0.364. The lowest BCUT2D eigenvalue weighted by molar-refractivity contribution is -0.00271. The second kappa shape index (κ2) is 5.58. The molecule has 0 aromatic heterocycles. The molecule has 0 aliphatic rings. The zero-order valence-electron chi connectivity index (χ0n) is 9.15. The van der Waals surface area contributed by atoms with Crippen molar-refractivity contribution in [3.63, 3.8) is 0 Å². The van der Waals surface area contributed by atoms with Gasteiger partial charge in [-0.05, 0) is 24.6 Å². The second-order valence-corrected chi connectivity index (χ2v) is 3.63. The topological polar surface area (TPSA) is 69.6 Å². The Morgan fingerprint density at radius 1 is 1.47 bits per heavy atom. The Morgan fingerprint density at radius 3 is 2.65 bits per heavy atom. The van der Waals surface area contributed by atoms with Gasteiger partial charge in [-0.15, -0.1) is 0 Å². The lowest BCUT2D eigenvalue weighted by Crippen LogP contribution is -2.35. The summed E-state index contributed by atoms with van der Waals surface area (Å²) < 4.78 is 23.9. The molecule has 4 nitrogen and oxygen atoms in total. The molecule has 3 N–H and O–H groups in total. The number of carbonyl (C=O) groups excluding carboxylic acids is 1. The molecule has 1 aromatic carbocycles. The van der Waals surface area contributed by atoms with Crippen molar-refractivity contribution in [2.75, 3.05) is 6.54 Å². The average molecular weight is 245 g/mol. The van der Waals surface area contributed by atoms with E-state index in [4.69, 9.17) is 5.11 Å². The average Bonchev–Trinajstić information content (AvgIpc) is 2.25. The Bertz CT molecular complexity index is 410. The van der Waals surface area contributed by atoms with Crippen LogP contribution in [0.1, 0.15) is 15.9 Å². The zero-order chi connectivity index (χ0) is 13.0. The van der Waals surface area contributed by atoms with Crippen LogP contribution in [-0.4, -0.2) is 35.2 Å². The Balaban J connectivity index is 2.64. The molecule has 17 heavy (non-hydrogen) atoms. The Labute approximate surface area is 96.9 Å². The van der Waals surface area contributed by atoms with Crippen LogP contribution in [0.4, 0.5) is 8.78 Å². The van der Waals surface area contributed by atoms with Crippen LogP contribution < -0.4 is 5.32 Å². The molecular formula is C11H13F2NO3. The van der Waals surface area contributed by atoms with Gasteiger partial charge in [0.25, 0.3) is 12.3 Å². The van der Waals surface area contributed by atoms with E-state index in [0.717, 1.165) is 5.56 Å². The third-order valence-electron chi connectivity index (χ3n) is 2.16. The van der Waals surface area contributed by atoms with Crippen LogP contribution >= 0.6 is 0 Å². The molecule has 1 atom stereocenters. The number of halogens is 2. The van der Waals surface area contributed by atoms with Gasteiger partial charge in [0, 0.05) is 6.54 Å². The molecule has 0 radical (unpaired) electrons. The monoisotopic (exact) mass is 245 g/mol. The van der Waals surface area contributed by atoms with E-state index in [1.54, 1.807) is 13.0 Å². The third-order valence-corrected chi connectivity index (χ3v) is 2.16. The first-order valence-electron chi connectivity index (χ1n) is 4.96. The van der Waals surface area contributed by atoms with E-state index in [0.29, 0.717) is 0 Å². The van der Waals surface area contributed by atoms with Crippen LogP contribution in [0.15, 0.2) is 18.2 Å². The highest BCUT2D eigenvalue weighted by Crippen LogP contribution is 2.18. The van der Waals surface area contributed by atoms with Crippen LogP contribution in [0.25, 0.3) is 0 Å². The summed E-state index contributed by atoms with van der Waals surface area (Å²) in [6, 6.07) is 4.38. The van der Waals surface area contributed by atoms with Crippen molar-refractivity contribution in [1.29, 1.82) is 0 Å². The summed E-state index contributed by atoms with van der Waals surface area (Å²) in [6.45, 7) is 1.17. The van der Waals surface area contributed by atoms with E-state index >= 15 is 0 Å². The molecular weight excluding hydrogens is 232 g/mol. The number of aliphatic hydroxyl groups is 1. The lowest BCUT2D eigenvalue weighted by Gasteiger charge is -2.11. The largest absolute Gasteiger partial charge is 0.507 e. The molecule has 0 heterocycles. The molecule has 0 spiro atoms. The molecule has 1 unspecified atom stereocenters. The molecule has 0 bridgehead atoms. The van der Waals surface area contributed by atoms with E-state index < -0.39 is 25.0 Å². The summed E-state index contributed by atoms with van der Waals surface area (Å²) in [4.78, 5) is 11.5. The molecule has 1 aromatic rings. The van der Waals surface area contributed by atoms with Gasteiger partial charge in [-0.2, -0.15) is 0 Å². The molecule has 1 rings (SSSR count). The van der Waals surface area contributed by atoms with Crippen LogP contribution in [0, 0.1) is 6.92 Å². The normalized spacial score (nSPS) is 12.5. The second-order valence-electron chi connectivity index (χ2n) is 3.63. The highest BCUT2D eigenvalue weighted by atomic mass is 19.3. The number of carbonyl (C=O) groups is 1. The molecule has 1 amide bonds. The molecule has 0 fully saturated rings. The van der Waals surface area contributed by atoms with Crippen molar-refractivity contribution in [1.82, 2.24) is 5.32 Å². The molecule has 94 valence electrons. The number of phenolic OH excluding ortho intramolecular Hbond substituents is 1. The first-order chi connectivity index (χ1) is 7.91. The number of hydrogen-bond donors (Lipinski definition) is 3. The number of hydrogen-bond acceptors (Lipinski definition) is 3. The summed E-state index contributed by atoms with van der Waals surface area (Å²) in [5.41, 5.74) is 0.753. The van der Waals surface area contributed by atoms with Gasteiger partial charge in [-0.3, -0.25) is 4.79 Å². The summed E-state index contributed by atoms with van der Waals surface area (Å²) in [5, 5.41) is 20.4. The number of alkyl halides is 2. The van der Waals surface area contributed by atoms with E-state index in [2.05, 4.69) is 5.32 Å². The van der Waals surface area contributed by atoms with Gasteiger partial charge < -0.3 is 15.5 Å². The van der Waals surface area contributed by atoms with Crippen LogP contribution in [0.5, 0.6) is 5.75 Å². The number of aryl methyl sites for hydroxylation is 1. The van der Waals surface area contributed by atoms with E-state index in [1.807, 2.05) is 0 Å². The SMILES string of the molecule is Cc1ccc(C(=O)NCC(O)C(F)F)c(O)c1. The smallest absolute Gasteiger partial charge is 0.265 e. The number of nitrogens with one attached hydrogen (secondary N) is 1. The third kappa shape index (κ3) is 3.67. The van der Waals surface area contributed by atoms with Crippen molar-refractivity contribution < 1.29 is 23.8 Å². The van der Waals surface area contributed by atoms with Crippen molar-refractivity contribution in [3.05, 3.63) is 29.3 Å². The standard InChI is InChI=1S/C11H13F2NO3/c1-6-2-3-7(8(15)4-6)11(17)14-5-9(16)10(12)13/h2-4,9-10,15-16H,5H2,1H3,(H,14,17). The van der Waals surface area contributed by atoms with Crippen molar-refractivity contribution >= 4 is 5.91 Å². The number of aliphatic hydroxyl groups excluding tert-OH is 1. The van der Waals surface area contributed by atoms with E-state index in [9.17, 15) is 18.7 Å². The Kier molecular flexibility index (Phi) is 4.39. The predicted octanol–water partition coefficient (Wildman–Crippen LogP) is 1.06. The highest BCUT2D eigenvalue weighted by Gasteiger charge is 2.18.